The van der Waals surface area contributed by atoms with E-state index < -0.39 is 17.1 Å². The number of hydrogen-bond acceptors (Lipinski definition) is 1. The van der Waals surface area contributed by atoms with Crippen molar-refractivity contribution in [2.75, 3.05) is 0 Å². The Bertz CT molecular complexity index is 405. The predicted octanol–water partition coefficient (Wildman–Crippen LogP) is 4.25. The molecule has 1 nitrogen and oxygen atoms in total. The highest BCUT2D eigenvalue weighted by Gasteiger charge is 2.51. The molecule has 0 N–H and O–H groups in total. The van der Waals surface area contributed by atoms with E-state index in [9.17, 15) is 13.6 Å². The Morgan fingerprint density at radius 3 is 2.06 bits per heavy atom. The molecule has 0 aromatic heterocycles. The third-order valence-electron chi connectivity index (χ3n) is 3.33. The summed E-state index contributed by atoms with van der Waals surface area (Å²) in [5.41, 5.74) is -0.309. The molecule has 0 saturated heterocycles. The topological polar surface area (TPSA) is 17.1 Å². The molecule has 0 unspecified atom stereocenters. The average Bonchev–Trinajstić information content (AvgIpc) is 2.28. The SMILES string of the molecule is CCC(C)(C)C(F)(F)C(=O)c1ccc(C)cc1. The standard InChI is InChI=1S/C14H18F2O/c1-5-13(3,4)14(15,16)12(17)11-8-6-10(2)7-9-11/h6-9H,5H2,1-4H3. The Morgan fingerprint density at radius 2 is 1.65 bits per heavy atom. The molecule has 0 saturated carbocycles. The van der Waals surface area contributed by atoms with Crippen molar-refractivity contribution in [1.82, 2.24) is 0 Å². The van der Waals surface area contributed by atoms with E-state index in [-0.39, 0.29) is 12.0 Å². The van der Waals surface area contributed by atoms with Crippen LogP contribution in [0.1, 0.15) is 43.1 Å². The van der Waals surface area contributed by atoms with Crippen molar-refractivity contribution in [2.45, 2.75) is 40.0 Å². The summed E-state index contributed by atoms with van der Waals surface area (Å²) in [6.07, 6.45) is 0.248. The Morgan fingerprint density at radius 1 is 1.18 bits per heavy atom. The second-order valence-electron chi connectivity index (χ2n) is 5.01. The van der Waals surface area contributed by atoms with Crippen LogP contribution in [0.3, 0.4) is 0 Å². The molecule has 0 aliphatic carbocycles. The van der Waals surface area contributed by atoms with Gasteiger partial charge < -0.3 is 0 Å². The summed E-state index contributed by atoms with van der Waals surface area (Å²) in [5, 5.41) is 0. The Balaban J connectivity index is 3.08. The van der Waals surface area contributed by atoms with E-state index in [4.69, 9.17) is 0 Å². The molecule has 0 aliphatic heterocycles. The lowest BCUT2D eigenvalue weighted by Crippen LogP contribution is -2.43. The van der Waals surface area contributed by atoms with E-state index >= 15 is 0 Å². The summed E-state index contributed by atoms with van der Waals surface area (Å²) in [6.45, 7) is 6.34. The number of ketones is 1. The Labute approximate surface area is 101 Å². The van der Waals surface area contributed by atoms with Crippen molar-refractivity contribution in [1.29, 1.82) is 0 Å². The average molecular weight is 240 g/mol. The molecule has 0 atom stereocenters. The second kappa shape index (κ2) is 4.55. The maximum Gasteiger partial charge on any atom is 0.314 e. The minimum absolute atomic E-state index is 0.0714. The van der Waals surface area contributed by atoms with Gasteiger partial charge in [-0.2, -0.15) is 8.78 Å². The van der Waals surface area contributed by atoms with E-state index in [1.54, 1.807) is 19.1 Å². The smallest absolute Gasteiger partial charge is 0.287 e. The highest BCUT2D eigenvalue weighted by molar-refractivity contribution is 6.01. The van der Waals surface area contributed by atoms with E-state index in [2.05, 4.69) is 0 Å². The molecule has 0 fully saturated rings. The fourth-order valence-electron chi connectivity index (χ4n) is 1.42. The molecular formula is C14H18F2O. The summed E-state index contributed by atoms with van der Waals surface area (Å²) >= 11 is 0. The van der Waals surface area contributed by atoms with Crippen molar-refractivity contribution in [2.24, 2.45) is 5.41 Å². The number of halogens is 2. The van der Waals surface area contributed by atoms with Gasteiger partial charge in [-0.3, -0.25) is 4.79 Å². The summed E-state index contributed by atoms with van der Waals surface area (Å²) < 4.78 is 28.1. The van der Waals surface area contributed by atoms with Gasteiger partial charge in [0, 0.05) is 11.0 Å². The molecule has 17 heavy (non-hydrogen) atoms. The Hall–Kier alpha value is -1.25. The molecule has 1 rings (SSSR count). The lowest BCUT2D eigenvalue weighted by Gasteiger charge is -2.31. The van der Waals surface area contributed by atoms with Crippen molar-refractivity contribution < 1.29 is 13.6 Å². The minimum Gasteiger partial charge on any atom is -0.287 e. The van der Waals surface area contributed by atoms with Gasteiger partial charge in [-0.25, -0.2) is 0 Å². The number of hydrogen-bond donors (Lipinski definition) is 0. The number of carbonyl (C=O) groups excluding carboxylic acids is 1. The van der Waals surface area contributed by atoms with Crippen molar-refractivity contribution in [3.8, 4) is 0 Å². The van der Waals surface area contributed by atoms with Crippen LogP contribution >= 0.6 is 0 Å². The first kappa shape index (κ1) is 13.8. The first-order chi connectivity index (χ1) is 7.72. The highest BCUT2D eigenvalue weighted by Crippen LogP contribution is 2.41. The van der Waals surface area contributed by atoms with Gasteiger partial charge in [-0.15, -0.1) is 0 Å². The first-order valence-electron chi connectivity index (χ1n) is 5.71. The molecule has 0 amide bonds. The fraction of sp³-hybridized carbons (Fsp3) is 0.500. The van der Waals surface area contributed by atoms with Crippen LogP contribution < -0.4 is 0 Å². The number of Topliss-reactive ketones (excluding diaryl/α,β-unsaturated/α-hetero) is 1. The van der Waals surface area contributed by atoms with Gasteiger partial charge in [0.1, 0.15) is 0 Å². The van der Waals surface area contributed by atoms with Gasteiger partial charge in [0.2, 0.25) is 5.78 Å². The largest absolute Gasteiger partial charge is 0.314 e. The van der Waals surface area contributed by atoms with E-state index in [0.717, 1.165) is 5.56 Å². The van der Waals surface area contributed by atoms with Crippen molar-refractivity contribution in [3.05, 3.63) is 35.4 Å². The highest BCUT2D eigenvalue weighted by atomic mass is 19.3. The normalized spacial score (nSPS) is 12.6. The summed E-state index contributed by atoms with van der Waals surface area (Å²) in [7, 11) is 0. The van der Waals surface area contributed by atoms with Gasteiger partial charge >= 0.3 is 5.92 Å². The van der Waals surface area contributed by atoms with E-state index in [0.29, 0.717) is 0 Å². The maximum absolute atomic E-state index is 14.0. The van der Waals surface area contributed by atoms with Gasteiger partial charge in [0.25, 0.3) is 0 Å². The number of rotatable bonds is 4. The summed E-state index contributed by atoms with van der Waals surface area (Å²) in [6, 6.07) is 6.25. The lowest BCUT2D eigenvalue weighted by molar-refractivity contribution is -0.0724. The lowest BCUT2D eigenvalue weighted by atomic mass is 9.79. The second-order valence-corrected chi connectivity index (χ2v) is 5.01. The van der Waals surface area contributed by atoms with Crippen LogP contribution in [0.15, 0.2) is 24.3 Å². The van der Waals surface area contributed by atoms with Gasteiger partial charge in [-0.1, -0.05) is 50.6 Å². The molecule has 0 heterocycles. The molecular weight excluding hydrogens is 222 g/mol. The Kier molecular flexibility index (Phi) is 3.70. The molecule has 1 aromatic carbocycles. The van der Waals surface area contributed by atoms with E-state index in [1.807, 2.05) is 6.92 Å². The fourth-order valence-corrected chi connectivity index (χ4v) is 1.42. The molecule has 1 aromatic rings. The number of benzene rings is 1. The van der Waals surface area contributed by atoms with Crippen LogP contribution in [-0.4, -0.2) is 11.7 Å². The van der Waals surface area contributed by atoms with E-state index in [1.165, 1.54) is 26.0 Å². The number of alkyl halides is 2. The maximum atomic E-state index is 14.0. The van der Waals surface area contributed by atoms with Crippen LogP contribution in [0.2, 0.25) is 0 Å². The molecule has 94 valence electrons. The quantitative estimate of drug-likeness (QED) is 0.719. The minimum atomic E-state index is -3.34. The zero-order chi connectivity index (χ0) is 13.3. The predicted molar refractivity (Wildman–Crippen MR) is 64.5 cm³/mol. The molecule has 0 bridgehead atoms. The van der Waals surface area contributed by atoms with Crippen LogP contribution in [0.25, 0.3) is 0 Å². The van der Waals surface area contributed by atoms with Gasteiger partial charge in [0.15, 0.2) is 0 Å². The molecule has 3 heteroatoms. The zero-order valence-electron chi connectivity index (χ0n) is 10.7. The number of carbonyl (C=O) groups is 1. The van der Waals surface area contributed by atoms with Crippen molar-refractivity contribution >= 4 is 5.78 Å². The summed E-state index contributed by atoms with van der Waals surface area (Å²) in [5.74, 6) is -4.43. The zero-order valence-corrected chi connectivity index (χ0v) is 10.7. The van der Waals surface area contributed by atoms with Crippen LogP contribution in [0, 0.1) is 12.3 Å². The number of aryl methyl sites for hydroxylation is 1. The van der Waals surface area contributed by atoms with Crippen LogP contribution in [-0.2, 0) is 0 Å². The van der Waals surface area contributed by atoms with Crippen LogP contribution in [0.5, 0.6) is 0 Å². The van der Waals surface area contributed by atoms with Gasteiger partial charge in [0.05, 0.1) is 0 Å². The third-order valence-corrected chi connectivity index (χ3v) is 3.33. The molecule has 0 spiro atoms. The third kappa shape index (κ3) is 2.54. The summed E-state index contributed by atoms with van der Waals surface area (Å²) in [4.78, 5) is 11.8. The van der Waals surface area contributed by atoms with Crippen LogP contribution in [0.4, 0.5) is 8.78 Å². The van der Waals surface area contributed by atoms with Gasteiger partial charge in [-0.05, 0) is 13.3 Å². The molecule has 0 radical (unpaired) electrons. The first-order valence-corrected chi connectivity index (χ1v) is 5.71. The monoisotopic (exact) mass is 240 g/mol. The molecule has 0 aliphatic rings. The van der Waals surface area contributed by atoms with Crippen molar-refractivity contribution in [3.63, 3.8) is 0 Å².